The van der Waals surface area contributed by atoms with Crippen LogP contribution in [0.25, 0.3) is 0 Å². The number of hydrogen-bond donors (Lipinski definition) is 0. The van der Waals surface area contributed by atoms with Crippen LogP contribution in [-0.2, 0) is 8.85 Å². The molecule has 2 nitrogen and oxygen atoms in total. The van der Waals surface area contributed by atoms with E-state index < -0.39 is 9.28 Å². The highest BCUT2D eigenvalue weighted by molar-refractivity contribution is 6.44. The second kappa shape index (κ2) is 6.40. The fourth-order valence-corrected chi connectivity index (χ4v) is 2.38. The lowest BCUT2D eigenvalue weighted by molar-refractivity contribution is 0.167. The van der Waals surface area contributed by atoms with E-state index in [1.807, 2.05) is 20.8 Å². The molecule has 0 aliphatic carbocycles. The Hall–Kier alpha value is -0.123. The standard InChI is InChI=1S/C9H20O2Si/c1-6-12(11-9(4)5)10-7-8(2)3/h9,12H,2,6-7H2,1,3-5H3. The predicted octanol–water partition coefficient (Wildman–Crippen LogP) is 2.24. The lowest BCUT2D eigenvalue weighted by atomic mass is 10.4. The van der Waals surface area contributed by atoms with Crippen LogP contribution in [0.4, 0.5) is 0 Å². The van der Waals surface area contributed by atoms with Crippen LogP contribution in [0.5, 0.6) is 0 Å². The number of hydrogen-bond acceptors (Lipinski definition) is 2. The van der Waals surface area contributed by atoms with Gasteiger partial charge in [-0.3, -0.25) is 0 Å². The van der Waals surface area contributed by atoms with E-state index in [-0.39, 0.29) is 6.10 Å². The van der Waals surface area contributed by atoms with E-state index in [1.54, 1.807) is 0 Å². The fourth-order valence-electron chi connectivity index (χ4n) is 0.792. The third kappa shape index (κ3) is 6.58. The van der Waals surface area contributed by atoms with E-state index in [0.29, 0.717) is 6.61 Å². The summed E-state index contributed by atoms with van der Waals surface area (Å²) in [5.41, 5.74) is 1.06. The molecule has 0 aliphatic rings. The van der Waals surface area contributed by atoms with Crippen LogP contribution in [0.15, 0.2) is 12.2 Å². The van der Waals surface area contributed by atoms with Crippen molar-refractivity contribution in [2.45, 2.75) is 39.8 Å². The molecule has 0 radical (unpaired) electrons. The first-order valence-corrected chi connectivity index (χ1v) is 6.23. The van der Waals surface area contributed by atoms with Crippen LogP contribution in [0.2, 0.25) is 6.04 Å². The van der Waals surface area contributed by atoms with Gasteiger partial charge in [-0.05, 0) is 26.8 Å². The Morgan fingerprint density at radius 3 is 2.42 bits per heavy atom. The lowest BCUT2D eigenvalue weighted by Gasteiger charge is -2.17. The fraction of sp³-hybridized carbons (Fsp3) is 0.778. The third-order valence-electron chi connectivity index (χ3n) is 1.27. The SMILES string of the molecule is C=C(C)CO[SiH](CC)OC(C)C. The van der Waals surface area contributed by atoms with E-state index in [4.69, 9.17) is 8.85 Å². The van der Waals surface area contributed by atoms with E-state index in [0.717, 1.165) is 11.6 Å². The highest BCUT2D eigenvalue weighted by atomic mass is 28.3. The Bertz CT molecular complexity index is 134. The van der Waals surface area contributed by atoms with Crippen molar-refractivity contribution in [3.8, 4) is 0 Å². The molecule has 0 aromatic carbocycles. The van der Waals surface area contributed by atoms with Crippen LogP contribution in [0.3, 0.4) is 0 Å². The average molecular weight is 188 g/mol. The smallest absolute Gasteiger partial charge is 0.321 e. The van der Waals surface area contributed by atoms with Crippen LogP contribution in [0.1, 0.15) is 27.7 Å². The third-order valence-corrected chi connectivity index (χ3v) is 3.33. The molecular formula is C9H20O2Si. The maximum absolute atomic E-state index is 5.63. The summed E-state index contributed by atoms with van der Waals surface area (Å²) in [5, 5.41) is 0. The van der Waals surface area contributed by atoms with Gasteiger partial charge in [0.25, 0.3) is 0 Å². The normalized spacial score (nSPS) is 13.4. The van der Waals surface area contributed by atoms with Crippen LogP contribution >= 0.6 is 0 Å². The van der Waals surface area contributed by atoms with Crippen molar-refractivity contribution in [1.82, 2.24) is 0 Å². The molecule has 1 unspecified atom stereocenters. The highest BCUT2D eigenvalue weighted by Gasteiger charge is 2.11. The van der Waals surface area contributed by atoms with Gasteiger partial charge in [-0.15, -0.1) is 0 Å². The summed E-state index contributed by atoms with van der Waals surface area (Å²) >= 11 is 0. The molecule has 72 valence electrons. The molecule has 0 N–H and O–H groups in total. The molecule has 0 rings (SSSR count). The van der Waals surface area contributed by atoms with Crippen molar-refractivity contribution in [2.24, 2.45) is 0 Å². The van der Waals surface area contributed by atoms with Crippen molar-refractivity contribution >= 4 is 9.28 Å². The van der Waals surface area contributed by atoms with Gasteiger partial charge in [0.2, 0.25) is 0 Å². The molecule has 0 aromatic heterocycles. The van der Waals surface area contributed by atoms with E-state index in [2.05, 4.69) is 13.5 Å². The Labute approximate surface area is 77.4 Å². The maximum Gasteiger partial charge on any atom is 0.321 e. The summed E-state index contributed by atoms with van der Waals surface area (Å²) in [6.45, 7) is 12.6. The van der Waals surface area contributed by atoms with Gasteiger partial charge in [0, 0.05) is 6.10 Å². The van der Waals surface area contributed by atoms with Crippen LogP contribution in [-0.4, -0.2) is 22.0 Å². The van der Waals surface area contributed by atoms with Crippen molar-refractivity contribution in [3.63, 3.8) is 0 Å². The molecule has 0 bridgehead atoms. The molecule has 0 aromatic rings. The predicted molar refractivity (Wildman–Crippen MR) is 54.6 cm³/mol. The van der Waals surface area contributed by atoms with Gasteiger partial charge in [0.15, 0.2) is 0 Å². The summed E-state index contributed by atoms with van der Waals surface area (Å²) < 4.78 is 11.2. The summed E-state index contributed by atoms with van der Waals surface area (Å²) in [7, 11) is -1.39. The Balaban J connectivity index is 3.60. The molecule has 0 amide bonds. The largest absolute Gasteiger partial charge is 0.394 e. The van der Waals surface area contributed by atoms with Crippen molar-refractivity contribution < 1.29 is 8.85 Å². The molecule has 0 fully saturated rings. The van der Waals surface area contributed by atoms with Crippen molar-refractivity contribution in [2.75, 3.05) is 6.61 Å². The van der Waals surface area contributed by atoms with Gasteiger partial charge >= 0.3 is 9.28 Å². The number of rotatable bonds is 6. The van der Waals surface area contributed by atoms with Gasteiger partial charge in [-0.25, -0.2) is 0 Å². The van der Waals surface area contributed by atoms with Gasteiger partial charge in [0.05, 0.1) is 6.61 Å². The Kier molecular flexibility index (Phi) is 6.33. The maximum atomic E-state index is 5.63. The minimum Gasteiger partial charge on any atom is -0.394 e. The van der Waals surface area contributed by atoms with Gasteiger partial charge < -0.3 is 8.85 Å². The summed E-state index contributed by atoms with van der Waals surface area (Å²) in [6.07, 6.45) is 0.284. The van der Waals surface area contributed by atoms with E-state index >= 15 is 0 Å². The summed E-state index contributed by atoms with van der Waals surface area (Å²) in [5.74, 6) is 0. The highest BCUT2D eigenvalue weighted by Crippen LogP contribution is 2.02. The molecule has 0 heterocycles. The quantitative estimate of drug-likeness (QED) is 0.470. The molecule has 0 spiro atoms. The molecular weight excluding hydrogens is 168 g/mol. The first kappa shape index (κ1) is 11.9. The first-order chi connectivity index (χ1) is 5.56. The molecule has 0 saturated carbocycles. The van der Waals surface area contributed by atoms with Crippen molar-refractivity contribution in [1.29, 1.82) is 0 Å². The minimum atomic E-state index is -1.39. The van der Waals surface area contributed by atoms with E-state index in [1.165, 1.54) is 0 Å². The topological polar surface area (TPSA) is 18.5 Å². The van der Waals surface area contributed by atoms with Crippen LogP contribution in [0, 0.1) is 0 Å². The second-order valence-electron chi connectivity index (χ2n) is 3.29. The zero-order valence-electron chi connectivity index (χ0n) is 8.59. The first-order valence-electron chi connectivity index (χ1n) is 4.47. The lowest BCUT2D eigenvalue weighted by Crippen LogP contribution is -2.26. The van der Waals surface area contributed by atoms with Gasteiger partial charge in [-0.2, -0.15) is 0 Å². The molecule has 12 heavy (non-hydrogen) atoms. The summed E-state index contributed by atoms with van der Waals surface area (Å²) in [4.78, 5) is 0. The van der Waals surface area contributed by atoms with E-state index in [9.17, 15) is 0 Å². The second-order valence-corrected chi connectivity index (χ2v) is 5.57. The zero-order chi connectivity index (χ0) is 9.56. The van der Waals surface area contributed by atoms with Gasteiger partial charge in [-0.1, -0.05) is 19.1 Å². The van der Waals surface area contributed by atoms with Crippen molar-refractivity contribution in [3.05, 3.63) is 12.2 Å². The van der Waals surface area contributed by atoms with Crippen LogP contribution < -0.4 is 0 Å². The molecule has 0 saturated heterocycles. The summed E-state index contributed by atoms with van der Waals surface area (Å²) in [6, 6.07) is 1.02. The minimum absolute atomic E-state index is 0.284. The molecule has 1 atom stereocenters. The zero-order valence-corrected chi connectivity index (χ0v) is 9.75. The monoisotopic (exact) mass is 188 g/mol. The average Bonchev–Trinajstić information content (AvgIpc) is 1.97. The van der Waals surface area contributed by atoms with Gasteiger partial charge in [0.1, 0.15) is 0 Å². The molecule has 0 aliphatic heterocycles. The Morgan fingerprint density at radius 2 is 2.08 bits per heavy atom. The Morgan fingerprint density at radius 1 is 1.50 bits per heavy atom. The molecule has 3 heteroatoms.